The van der Waals surface area contributed by atoms with E-state index in [0.717, 1.165) is 27.8 Å². The van der Waals surface area contributed by atoms with E-state index in [2.05, 4.69) is 10.3 Å². The Hall–Kier alpha value is -2.26. The normalized spacial score (nSPS) is 10.7. The van der Waals surface area contributed by atoms with E-state index < -0.39 is 0 Å². The van der Waals surface area contributed by atoms with Crippen LogP contribution in [0.4, 0.5) is 11.4 Å². The van der Waals surface area contributed by atoms with Gasteiger partial charge < -0.3 is 11.1 Å². The largest absolute Gasteiger partial charge is 0.398 e. The van der Waals surface area contributed by atoms with Crippen molar-refractivity contribution in [2.24, 2.45) is 0 Å². The summed E-state index contributed by atoms with van der Waals surface area (Å²) >= 11 is 6.18. The first-order valence-electron chi connectivity index (χ1n) is 6.36. The summed E-state index contributed by atoms with van der Waals surface area (Å²) in [6.45, 7) is 0.653. The summed E-state index contributed by atoms with van der Waals surface area (Å²) in [5.41, 5.74) is 9.61. The van der Waals surface area contributed by atoms with Gasteiger partial charge in [0.25, 0.3) is 0 Å². The quantitative estimate of drug-likeness (QED) is 0.712. The Morgan fingerprint density at radius 2 is 1.90 bits per heavy atom. The molecular weight excluding hydrogens is 270 g/mol. The van der Waals surface area contributed by atoms with Crippen molar-refractivity contribution in [1.29, 1.82) is 0 Å². The number of para-hydroxylation sites is 1. The molecule has 0 atom stereocenters. The van der Waals surface area contributed by atoms with Crippen molar-refractivity contribution in [1.82, 2.24) is 4.98 Å². The van der Waals surface area contributed by atoms with Gasteiger partial charge in [-0.05, 0) is 35.9 Å². The van der Waals surface area contributed by atoms with Crippen LogP contribution in [0.2, 0.25) is 5.02 Å². The van der Waals surface area contributed by atoms with Gasteiger partial charge in [0, 0.05) is 23.8 Å². The van der Waals surface area contributed by atoms with Gasteiger partial charge in [0.2, 0.25) is 0 Å². The minimum atomic E-state index is 0.653. The van der Waals surface area contributed by atoms with Gasteiger partial charge in [-0.3, -0.25) is 4.98 Å². The third-order valence-corrected chi connectivity index (χ3v) is 3.57. The highest BCUT2D eigenvalue weighted by molar-refractivity contribution is 6.35. The van der Waals surface area contributed by atoms with Crippen LogP contribution in [0.1, 0.15) is 5.56 Å². The predicted octanol–water partition coefficient (Wildman–Crippen LogP) is 4.08. The molecule has 0 unspecified atom stereocenters. The number of nitrogens with two attached hydrogens (primary N) is 1. The van der Waals surface area contributed by atoms with Gasteiger partial charge in [-0.2, -0.15) is 0 Å². The average molecular weight is 284 g/mol. The number of halogens is 1. The van der Waals surface area contributed by atoms with Crippen LogP contribution in [0.15, 0.2) is 54.7 Å². The summed E-state index contributed by atoms with van der Waals surface area (Å²) in [5.74, 6) is 0. The van der Waals surface area contributed by atoms with Crippen LogP contribution in [-0.4, -0.2) is 4.98 Å². The van der Waals surface area contributed by atoms with Crippen LogP contribution < -0.4 is 11.1 Å². The Kier molecular flexibility index (Phi) is 3.44. The average Bonchev–Trinajstić information content (AvgIpc) is 2.48. The molecule has 0 bridgehead atoms. The van der Waals surface area contributed by atoms with Gasteiger partial charge in [-0.25, -0.2) is 0 Å². The van der Waals surface area contributed by atoms with Crippen LogP contribution in [0, 0.1) is 0 Å². The van der Waals surface area contributed by atoms with Gasteiger partial charge in [0.1, 0.15) is 0 Å². The highest BCUT2D eigenvalue weighted by Crippen LogP contribution is 2.28. The lowest BCUT2D eigenvalue weighted by Gasteiger charge is -2.11. The lowest BCUT2D eigenvalue weighted by Crippen LogP contribution is -2.03. The molecule has 3 nitrogen and oxygen atoms in total. The summed E-state index contributed by atoms with van der Waals surface area (Å²) < 4.78 is 0. The summed E-state index contributed by atoms with van der Waals surface area (Å²) in [5, 5.41) is 5.02. The number of nitrogen functional groups attached to an aromatic ring is 1. The maximum absolute atomic E-state index is 6.18. The van der Waals surface area contributed by atoms with Crippen LogP contribution in [0.5, 0.6) is 0 Å². The summed E-state index contributed by atoms with van der Waals surface area (Å²) in [6.07, 6.45) is 1.76. The van der Waals surface area contributed by atoms with E-state index in [1.54, 1.807) is 6.20 Å². The zero-order chi connectivity index (χ0) is 13.9. The van der Waals surface area contributed by atoms with E-state index in [4.69, 9.17) is 17.3 Å². The number of nitrogens with one attached hydrogen (secondary N) is 1. The maximum atomic E-state index is 6.18. The molecule has 0 radical (unpaired) electrons. The minimum Gasteiger partial charge on any atom is -0.398 e. The molecule has 4 heteroatoms. The van der Waals surface area contributed by atoms with Crippen molar-refractivity contribution >= 4 is 33.9 Å². The van der Waals surface area contributed by atoms with Gasteiger partial charge in [0.05, 0.1) is 16.2 Å². The van der Waals surface area contributed by atoms with Gasteiger partial charge in [-0.15, -0.1) is 0 Å². The first-order chi connectivity index (χ1) is 9.75. The van der Waals surface area contributed by atoms with Crippen LogP contribution in [-0.2, 0) is 6.54 Å². The predicted molar refractivity (Wildman–Crippen MR) is 84.9 cm³/mol. The van der Waals surface area contributed by atoms with Crippen molar-refractivity contribution in [2.75, 3.05) is 11.1 Å². The van der Waals surface area contributed by atoms with Crippen molar-refractivity contribution < 1.29 is 0 Å². The molecule has 3 rings (SSSR count). The molecular formula is C16H14ClN3. The lowest BCUT2D eigenvalue weighted by molar-refractivity contribution is 1.15. The van der Waals surface area contributed by atoms with Gasteiger partial charge in [-0.1, -0.05) is 29.8 Å². The molecule has 100 valence electrons. The van der Waals surface area contributed by atoms with Crippen molar-refractivity contribution in [3.8, 4) is 0 Å². The maximum Gasteiger partial charge on any atom is 0.0948 e. The molecule has 0 fully saturated rings. The molecule has 0 saturated carbocycles. The summed E-state index contributed by atoms with van der Waals surface area (Å²) in [7, 11) is 0. The molecule has 0 spiro atoms. The van der Waals surface area contributed by atoms with E-state index in [-0.39, 0.29) is 0 Å². The second-order valence-corrected chi connectivity index (χ2v) is 4.95. The number of rotatable bonds is 3. The number of pyridine rings is 1. The number of fused-ring (bicyclic) bond motifs is 1. The number of benzene rings is 2. The molecule has 1 heterocycles. The molecule has 3 N–H and O–H groups in total. The van der Waals surface area contributed by atoms with Crippen LogP contribution in [0.3, 0.4) is 0 Å². The molecule has 0 amide bonds. The fourth-order valence-corrected chi connectivity index (χ4v) is 2.38. The monoisotopic (exact) mass is 283 g/mol. The van der Waals surface area contributed by atoms with Gasteiger partial charge >= 0.3 is 0 Å². The van der Waals surface area contributed by atoms with E-state index >= 15 is 0 Å². The van der Waals surface area contributed by atoms with Crippen LogP contribution >= 0.6 is 11.6 Å². The number of hydrogen-bond acceptors (Lipinski definition) is 3. The fraction of sp³-hybridized carbons (Fsp3) is 0.0625. The topological polar surface area (TPSA) is 50.9 Å². The third-order valence-electron chi connectivity index (χ3n) is 3.24. The van der Waals surface area contributed by atoms with Crippen molar-refractivity contribution in [3.05, 3.63) is 65.3 Å². The molecule has 0 saturated heterocycles. The second-order valence-electron chi connectivity index (χ2n) is 4.55. The Bertz CT molecular complexity index is 756. The first kappa shape index (κ1) is 12.8. The molecule has 1 aromatic heterocycles. The van der Waals surface area contributed by atoms with E-state index in [1.807, 2.05) is 48.5 Å². The second kappa shape index (κ2) is 5.39. The first-order valence-corrected chi connectivity index (χ1v) is 6.74. The standard InChI is InChI=1S/C16H14ClN3/c17-13-7-8-15(16-12(13)5-3-9-19-16)20-10-11-4-1-2-6-14(11)18/h1-9,20H,10,18H2. The molecule has 0 aliphatic heterocycles. The third kappa shape index (κ3) is 2.40. The fourth-order valence-electron chi connectivity index (χ4n) is 2.17. The Morgan fingerprint density at radius 3 is 2.75 bits per heavy atom. The molecule has 3 aromatic rings. The molecule has 0 aliphatic rings. The Labute approximate surface area is 122 Å². The Morgan fingerprint density at radius 1 is 1.05 bits per heavy atom. The molecule has 20 heavy (non-hydrogen) atoms. The highest BCUT2D eigenvalue weighted by Gasteiger charge is 2.06. The number of anilines is 2. The van der Waals surface area contributed by atoms with E-state index in [0.29, 0.717) is 11.6 Å². The Balaban J connectivity index is 1.92. The zero-order valence-corrected chi connectivity index (χ0v) is 11.6. The highest BCUT2D eigenvalue weighted by atomic mass is 35.5. The number of aromatic nitrogens is 1. The van der Waals surface area contributed by atoms with Crippen molar-refractivity contribution in [2.45, 2.75) is 6.54 Å². The SMILES string of the molecule is Nc1ccccc1CNc1ccc(Cl)c2cccnc12. The van der Waals surface area contributed by atoms with E-state index in [1.165, 1.54) is 0 Å². The minimum absolute atomic E-state index is 0.653. The smallest absolute Gasteiger partial charge is 0.0948 e. The van der Waals surface area contributed by atoms with E-state index in [9.17, 15) is 0 Å². The zero-order valence-electron chi connectivity index (χ0n) is 10.8. The summed E-state index contributed by atoms with van der Waals surface area (Å²) in [6, 6.07) is 15.5. The molecule has 2 aromatic carbocycles. The van der Waals surface area contributed by atoms with Crippen molar-refractivity contribution in [3.63, 3.8) is 0 Å². The van der Waals surface area contributed by atoms with Crippen LogP contribution in [0.25, 0.3) is 10.9 Å². The number of nitrogens with zero attached hydrogens (tertiary/aromatic N) is 1. The lowest BCUT2D eigenvalue weighted by atomic mass is 10.1. The number of hydrogen-bond donors (Lipinski definition) is 2. The summed E-state index contributed by atoms with van der Waals surface area (Å²) in [4.78, 5) is 4.40. The molecule has 0 aliphatic carbocycles. The van der Waals surface area contributed by atoms with Gasteiger partial charge in [0.15, 0.2) is 0 Å².